The summed E-state index contributed by atoms with van der Waals surface area (Å²) in [6.07, 6.45) is 3.86. The minimum atomic E-state index is -0.147. The van der Waals surface area contributed by atoms with Gasteiger partial charge in [-0.3, -0.25) is 0 Å². The quantitative estimate of drug-likeness (QED) is 0.899. The van der Waals surface area contributed by atoms with Crippen molar-refractivity contribution in [2.75, 3.05) is 31.6 Å². The summed E-state index contributed by atoms with van der Waals surface area (Å²) in [5.74, 6) is -0.147. The molecule has 1 aromatic carbocycles. The molecule has 2 aliphatic rings. The lowest BCUT2D eigenvalue weighted by Crippen LogP contribution is -2.32. The van der Waals surface area contributed by atoms with Crippen molar-refractivity contribution in [3.63, 3.8) is 0 Å². The number of rotatable bonds is 4. The molecule has 1 N–H and O–H groups in total. The van der Waals surface area contributed by atoms with Gasteiger partial charge in [0.15, 0.2) is 0 Å². The van der Waals surface area contributed by atoms with Crippen molar-refractivity contribution in [1.29, 1.82) is 0 Å². The molecule has 2 atom stereocenters. The van der Waals surface area contributed by atoms with Gasteiger partial charge in [-0.1, -0.05) is 6.07 Å². The number of nitrogens with zero attached hydrogens (tertiary/aromatic N) is 1. The summed E-state index contributed by atoms with van der Waals surface area (Å²) >= 11 is 0. The Balaban J connectivity index is 1.62. The van der Waals surface area contributed by atoms with E-state index in [0.29, 0.717) is 6.10 Å². The number of hydrogen-bond donors (Lipinski definition) is 1. The highest BCUT2D eigenvalue weighted by Crippen LogP contribution is 2.30. The second-order valence-corrected chi connectivity index (χ2v) is 5.48. The van der Waals surface area contributed by atoms with Crippen LogP contribution in [0.5, 0.6) is 0 Å². The molecule has 0 radical (unpaired) electrons. The smallest absolute Gasteiger partial charge is 0.125 e. The summed E-state index contributed by atoms with van der Waals surface area (Å²) in [5, 5.41) is 3.16. The van der Waals surface area contributed by atoms with Gasteiger partial charge >= 0.3 is 0 Å². The highest BCUT2D eigenvalue weighted by molar-refractivity contribution is 5.58. The van der Waals surface area contributed by atoms with Crippen LogP contribution in [-0.4, -0.2) is 38.9 Å². The van der Waals surface area contributed by atoms with Crippen LogP contribution >= 0.6 is 0 Å². The van der Waals surface area contributed by atoms with Crippen LogP contribution in [0.1, 0.15) is 18.4 Å². The monoisotopic (exact) mass is 264 g/mol. The second-order valence-electron chi connectivity index (χ2n) is 5.48. The summed E-state index contributed by atoms with van der Waals surface area (Å²) in [6.45, 7) is 2.79. The van der Waals surface area contributed by atoms with Crippen molar-refractivity contribution in [2.45, 2.75) is 31.5 Å². The van der Waals surface area contributed by atoms with E-state index in [1.807, 2.05) is 13.1 Å². The number of hydrogen-bond acceptors (Lipinski definition) is 3. The first-order valence-corrected chi connectivity index (χ1v) is 7.09. The Bertz CT molecular complexity index is 452. The van der Waals surface area contributed by atoms with Crippen molar-refractivity contribution in [3.05, 3.63) is 29.6 Å². The fourth-order valence-electron chi connectivity index (χ4n) is 3.15. The van der Waals surface area contributed by atoms with E-state index in [2.05, 4.69) is 10.2 Å². The summed E-state index contributed by atoms with van der Waals surface area (Å²) < 4.78 is 19.4. The van der Waals surface area contributed by atoms with E-state index < -0.39 is 0 Å². The lowest BCUT2D eigenvalue weighted by Gasteiger charge is -2.23. The SMILES string of the molecule is CNCC1CCC(CN2CCc3ccc(F)cc32)O1. The molecule has 1 aromatic rings. The van der Waals surface area contributed by atoms with Gasteiger partial charge in [-0.25, -0.2) is 4.39 Å². The summed E-state index contributed by atoms with van der Waals surface area (Å²) in [5.41, 5.74) is 2.31. The van der Waals surface area contributed by atoms with Gasteiger partial charge in [0.1, 0.15) is 5.82 Å². The molecule has 1 saturated heterocycles. The Morgan fingerprint density at radius 2 is 2.21 bits per heavy atom. The number of likely N-dealkylation sites (N-methyl/N-ethyl adjacent to an activating group) is 1. The third kappa shape index (κ3) is 2.74. The van der Waals surface area contributed by atoms with Gasteiger partial charge in [0, 0.05) is 25.3 Å². The van der Waals surface area contributed by atoms with Crippen molar-refractivity contribution in [1.82, 2.24) is 5.32 Å². The van der Waals surface area contributed by atoms with Crippen molar-refractivity contribution < 1.29 is 9.13 Å². The van der Waals surface area contributed by atoms with Gasteiger partial charge in [0.05, 0.1) is 12.2 Å². The van der Waals surface area contributed by atoms with Crippen molar-refractivity contribution in [2.24, 2.45) is 0 Å². The molecule has 2 heterocycles. The number of benzene rings is 1. The molecule has 19 heavy (non-hydrogen) atoms. The minimum Gasteiger partial charge on any atom is -0.372 e. The minimum absolute atomic E-state index is 0.147. The lowest BCUT2D eigenvalue weighted by atomic mass is 10.1. The van der Waals surface area contributed by atoms with Crippen LogP contribution in [0.4, 0.5) is 10.1 Å². The average molecular weight is 264 g/mol. The molecule has 0 saturated carbocycles. The van der Waals surface area contributed by atoms with Gasteiger partial charge in [-0.15, -0.1) is 0 Å². The van der Waals surface area contributed by atoms with Gasteiger partial charge in [-0.2, -0.15) is 0 Å². The van der Waals surface area contributed by atoms with Crippen LogP contribution < -0.4 is 10.2 Å². The van der Waals surface area contributed by atoms with E-state index in [1.165, 1.54) is 5.56 Å². The first-order chi connectivity index (χ1) is 9.26. The van der Waals surface area contributed by atoms with Crippen LogP contribution in [0.3, 0.4) is 0 Å². The van der Waals surface area contributed by atoms with Crippen molar-refractivity contribution in [3.8, 4) is 0 Å². The third-order valence-electron chi connectivity index (χ3n) is 4.09. The topological polar surface area (TPSA) is 24.5 Å². The van der Waals surface area contributed by atoms with Gasteiger partial charge < -0.3 is 15.0 Å². The van der Waals surface area contributed by atoms with Crippen molar-refractivity contribution >= 4 is 5.69 Å². The molecule has 0 aliphatic carbocycles. The highest BCUT2D eigenvalue weighted by atomic mass is 19.1. The van der Waals surface area contributed by atoms with Gasteiger partial charge in [-0.05, 0) is 44.0 Å². The number of nitrogens with one attached hydrogen (secondary N) is 1. The zero-order valence-corrected chi connectivity index (χ0v) is 11.4. The third-order valence-corrected chi connectivity index (χ3v) is 4.09. The van der Waals surface area contributed by atoms with Gasteiger partial charge in [0.25, 0.3) is 0 Å². The molecule has 3 rings (SSSR count). The first-order valence-electron chi connectivity index (χ1n) is 7.09. The lowest BCUT2D eigenvalue weighted by molar-refractivity contribution is 0.0507. The average Bonchev–Trinajstić information content (AvgIpc) is 2.98. The normalized spacial score (nSPS) is 25.9. The Morgan fingerprint density at radius 1 is 1.37 bits per heavy atom. The molecular weight excluding hydrogens is 243 g/mol. The number of anilines is 1. The number of fused-ring (bicyclic) bond motifs is 1. The van der Waals surface area contributed by atoms with E-state index in [0.717, 1.165) is 44.6 Å². The largest absolute Gasteiger partial charge is 0.372 e. The molecule has 0 aromatic heterocycles. The van der Waals surface area contributed by atoms with E-state index in [-0.39, 0.29) is 11.9 Å². The molecule has 104 valence electrons. The molecule has 2 unspecified atom stereocenters. The van der Waals surface area contributed by atoms with Gasteiger partial charge in [0.2, 0.25) is 0 Å². The number of ether oxygens (including phenoxy) is 1. The molecule has 0 spiro atoms. The fraction of sp³-hybridized carbons (Fsp3) is 0.600. The standard InChI is InChI=1S/C15H21FN2O/c1-17-9-13-4-5-14(19-13)10-18-7-6-11-2-3-12(16)8-15(11)18/h2-3,8,13-14,17H,4-7,9-10H2,1H3. The first kappa shape index (κ1) is 12.9. The predicted octanol–water partition coefficient (Wildman–Crippen LogP) is 1.96. The fourth-order valence-corrected chi connectivity index (χ4v) is 3.15. The summed E-state index contributed by atoms with van der Waals surface area (Å²) in [4.78, 5) is 2.27. The summed E-state index contributed by atoms with van der Waals surface area (Å²) in [6, 6.07) is 5.11. The van der Waals surface area contributed by atoms with E-state index in [9.17, 15) is 4.39 Å². The van der Waals surface area contributed by atoms with Crippen LogP contribution in [-0.2, 0) is 11.2 Å². The van der Waals surface area contributed by atoms with Crippen LogP contribution in [0.15, 0.2) is 18.2 Å². The Morgan fingerprint density at radius 3 is 3.05 bits per heavy atom. The van der Waals surface area contributed by atoms with E-state index >= 15 is 0 Å². The Kier molecular flexibility index (Phi) is 3.71. The molecule has 0 bridgehead atoms. The molecule has 1 fully saturated rings. The maximum Gasteiger partial charge on any atom is 0.125 e. The van der Waals surface area contributed by atoms with Crippen LogP contribution in [0.2, 0.25) is 0 Å². The van der Waals surface area contributed by atoms with Crippen LogP contribution in [0, 0.1) is 5.82 Å². The summed E-state index contributed by atoms with van der Waals surface area (Å²) in [7, 11) is 1.95. The molecule has 4 heteroatoms. The second kappa shape index (κ2) is 5.47. The maximum atomic E-state index is 13.3. The molecule has 0 amide bonds. The highest BCUT2D eigenvalue weighted by Gasteiger charge is 2.28. The number of halogens is 1. The Labute approximate surface area is 113 Å². The maximum absolute atomic E-state index is 13.3. The van der Waals surface area contributed by atoms with E-state index in [4.69, 9.17) is 4.74 Å². The van der Waals surface area contributed by atoms with E-state index in [1.54, 1.807) is 12.1 Å². The zero-order valence-electron chi connectivity index (χ0n) is 11.4. The Hall–Kier alpha value is -1.13. The predicted molar refractivity (Wildman–Crippen MR) is 74.1 cm³/mol. The molecular formula is C15H21FN2O. The molecule has 3 nitrogen and oxygen atoms in total. The molecule has 2 aliphatic heterocycles. The van der Waals surface area contributed by atoms with Crippen LogP contribution in [0.25, 0.3) is 0 Å². The zero-order chi connectivity index (χ0) is 13.2.